The molecule has 0 amide bonds. The van der Waals surface area contributed by atoms with Gasteiger partial charge in [-0.25, -0.2) is 4.79 Å². The van der Waals surface area contributed by atoms with Crippen LogP contribution in [0.1, 0.15) is 80.8 Å². The first-order chi connectivity index (χ1) is 34.9. The van der Waals surface area contributed by atoms with Gasteiger partial charge in [0.1, 0.15) is 29.9 Å². The molecule has 3 aromatic carbocycles. The molecule has 1 spiro atoms. The fourth-order valence-corrected chi connectivity index (χ4v) is 15.5. The highest BCUT2D eigenvalue weighted by molar-refractivity contribution is 5.96. The number of benzene rings is 3. The molecule has 0 radical (unpaired) electrons. The number of quaternary nitrogens is 1. The van der Waals surface area contributed by atoms with E-state index < -0.39 is 57.5 Å². The lowest BCUT2D eigenvalue weighted by atomic mass is 9.47. The Hall–Kier alpha value is -6.20. The number of hydrogen-bond donors (Lipinski definition) is 4. The van der Waals surface area contributed by atoms with Crippen LogP contribution in [0.2, 0.25) is 0 Å². The van der Waals surface area contributed by atoms with Gasteiger partial charge in [0.25, 0.3) is 0 Å². The zero-order valence-corrected chi connectivity index (χ0v) is 43.2. The van der Waals surface area contributed by atoms with Crippen molar-refractivity contribution in [2.45, 2.75) is 99.5 Å². The van der Waals surface area contributed by atoms with Crippen molar-refractivity contribution in [3.8, 4) is 17.2 Å². The van der Waals surface area contributed by atoms with E-state index in [9.17, 15) is 29.7 Å². The van der Waals surface area contributed by atoms with Crippen LogP contribution in [-0.4, -0.2) is 158 Å². The highest BCUT2D eigenvalue weighted by Crippen LogP contribution is 2.68. The lowest BCUT2D eigenvalue weighted by molar-refractivity contribution is -0.935. The first kappa shape index (κ1) is 50.3. The Bertz CT molecular complexity index is 2970. The van der Waals surface area contributed by atoms with Gasteiger partial charge in [-0.15, -0.1) is 0 Å². The number of likely N-dealkylation sites (N-methyl/N-ethyl adjacent to an activating group) is 1. The van der Waals surface area contributed by atoms with Gasteiger partial charge in [0.2, 0.25) is 11.4 Å². The molecule has 388 valence electrons. The first-order valence-corrected chi connectivity index (χ1v) is 25.6. The molecule has 1 aromatic heterocycles. The maximum Gasteiger partial charge on any atom is 0.344 e. The number of H-pyrrole nitrogens is 1. The van der Waals surface area contributed by atoms with Gasteiger partial charge in [-0.2, -0.15) is 0 Å². The van der Waals surface area contributed by atoms with Gasteiger partial charge in [0.05, 0.1) is 47.6 Å². The molecule has 2 bridgehead atoms. The number of aromatic nitrogens is 1. The number of carbonyl (C=O) groups excluding carboxylic acids is 4. The molecule has 5 aliphatic heterocycles. The molecule has 1 aliphatic carbocycles. The first-order valence-electron chi connectivity index (χ1n) is 25.6. The van der Waals surface area contributed by atoms with Gasteiger partial charge >= 0.3 is 17.9 Å². The smallest absolute Gasteiger partial charge is 0.344 e. The summed E-state index contributed by atoms with van der Waals surface area (Å²) in [6.07, 6.45) is 8.29. The lowest BCUT2D eigenvalue weighted by Gasteiger charge is -2.63. The number of carbonyl (C=O) groups is 4. The number of hydrogen-bond acceptors (Lipinski definition) is 14. The van der Waals surface area contributed by atoms with Gasteiger partial charge in [-0.3, -0.25) is 19.3 Å². The van der Waals surface area contributed by atoms with Crippen LogP contribution in [0.5, 0.6) is 17.2 Å². The fourth-order valence-electron chi connectivity index (χ4n) is 15.5. The molecule has 4 aromatic rings. The zero-order chi connectivity index (χ0) is 52.0. The summed E-state index contributed by atoms with van der Waals surface area (Å²) in [6.45, 7) is 7.83. The lowest BCUT2D eigenvalue weighted by Crippen LogP contribution is -2.81. The summed E-state index contributed by atoms with van der Waals surface area (Å²) >= 11 is 0. The summed E-state index contributed by atoms with van der Waals surface area (Å²) in [5.74, 6) is -1.91. The van der Waals surface area contributed by atoms with E-state index in [1.807, 2.05) is 68.3 Å². The van der Waals surface area contributed by atoms with E-state index >= 15 is 4.79 Å². The maximum absolute atomic E-state index is 15.8. The molecule has 10 rings (SSSR count). The third-order valence-corrected chi connectivity index (χ3v) is 18.2. The molecule has 1 saturated carbocycles. The number of para-hydroxylation sites is 1. The van der Waals surface area contributed by atoms with Crippen LogP contribution in [0.25, 0.3) is 17.0 Å². The summed E-state index contributed by atoms with van der Waals surface area (Å²) < 4.78 is 29.8. The van der Waals surface area contributed by atoms with Gasteiger partial charge < -0.3 is 53.4 Å². The third-order valence-electron chi connectivity index (χ3n) is 18.2. The molecule has 0 unspecified atom stereocenters. The third kappa shape index (κ3) is 7.28. The number of ketones is 1. The van der Waals surface area contributed by atoms with E-state index in [0.29, 0.717) is 98.8 Å². The molecule has 3 fully saturated rings. The highest BCUT2D eigenvalue weighted by Gasteiger charge is 2.80. The van der Waals surface area contributed by atoms with E-state index in [1.165, 1.54) is 34.3 Å². The monoisotopic (exact) mass is 1000 g/mol. The molecular weight excluding hydrogens is 933 g/mol. The molecule has 6 aliphatic rings. The average Bonchev–Trinajstić information content (AvgIpc) is 4.04. The minimum absolute atomic E-state index is 0.00731. The second kappa shape index (κ2) is 18.0. The predicted molar refractivity (Wildman–Crippen MR) is 272 cm³/mol. The molecule has 73 heavy (non-hydrogen) atoms. The van der Waals surface area contributed by atoms with E-state index in [0.717, 1.165) is 22.0 Å². The number of esters is 3. The Morgan fingerprint density at radius 1 is 0.904 bits per heavy atom. The van der Waals surface area contributed by atoms with Crippen molar-refractivity contribution in [2.75, 3.05) is 79.7 Å². The van der Waals surface area contributed by atoms with Crippen molar-refractivity contribution in [1.82, 2.24) is 9.88 Å². The minimum Gasteiger partial charge on any atom is -0.504 e. The second-order valence-corrected chi connectivity index (χ2v) is 21.8. The van der Waals surface area contributed by atoms with Crippen molar-refractivity contribution in [3.63, 3.8) is 0 Å². The number of aromatic hydroxyl groups is 1. The van der Waals surface area contributed by atoms with Crippen LogP contribution in [0.4, 0.5) is 5.69 Å². The van der Waals surface area contributed by atoms with Crippen molar-refractivity contribution in [3.05, 3.63) is 101 Å². The fraction of sp³-hybridized carbons (Fsp3) is 0.509. The number of nitrogens with one attached hydrogen (secondary N) is 1. The van der Waals surface area contributed by atoms with Crippen LogP contribution >= 0.6 is 0 Å². The summed E-state index contributed by atoms with van der Waals surface area (Å²) in [4.78, 5) is 66.0. The summed E-state index contributed by atoms with van der Waals surface area (Å²) in [5, 5.41) is 37.3. The molecule has 16 nitrogen and oxygen atoms in total. The number of anilines is 1. The van der Waals surface area contributed by atoms with Crippen molar-refractivity contribution < 1.29 is 62.7 Å². The molecule has 16 heteroatoms. The van der Waals surface area contributed by atoms with Crippen LogP contribution in [-0.2, 0) is 50.6 Å². The van der Waals surface area contributed by atoms with Gasteiger partial charge in [-0.05, 0) is 85.7 Å². The number of aromatic amines is 1. The molecule has 2 saturated heterocycles. The van der Waals surface area contributed by atoms with E-state index in [4.69, 9.17) is 23.7 Å². The Kier molecular flexibility index (Phi) is 12.4. The van der Waals surface area contributed by atoms with Crippen LogP contribution in [0.3, 0.4) is 0 Å². The van der Waals surface area contributed by atoms with E-state index in [-0.39, 0.29) is 40.9 Å². The Morgan fingerprint density at radius 2 is 1.66 bits per heavy atom. The van der Waals surface area contributed by atoms with Crippen molar-refractivity contribution in [2.24, 2.45) is 11.3 Å². The number of nitrogens with zero attached hydrogens (tertiary/aromatic N) is 3. The Morgan fingerprint density at radius 3 is 2.36 bits per heavy atom. The maximum atomic E-state index is 15.8. The largest absolute Gasteiger partial charge is 0.504 e. The highest BCUT2D eigenvalue weighted by atomic mass is 16.6. The number of ether oxygens (including phenoxy) is 5. The quantitative estimate of drug-likeness (QED) is 0.0457. The van der Waals surface area contributed by atoms with E-state index in [2.05, 4.69) is 16.0 Å². The minimum atomic E-state index is -2.37. The Balaban J connectivity index is 1.19. The number of rotatable bonds is 12. The summed E-state index contributed by atoms with van der Waals surface area (Å²) in [5.41, 5.74) is -2.17. The summed E-state index contributed by atoms with van der Waals surface area (Å²) in [7, 11) is 7.50. The van der Waals surface area contributed by atoms with Gasteiger partial charge in [0.15, 0.2) is 17.6 Å². The van der Waals surface area contributed by atoms with Gasteiger partial charge in [-0.1, -0.05) is 56.3 Å². The van der Waals surface area contributed by atoms with Gasteiger partial charge in [0, 0.05) is 83.6 Å². The number of fused-ring (bicyclic) bond motifs is 6. The van der Waals surface area contributed by atoms with Crippen LogP contribution in [0, 0.1) is 11.3 Å². The summed E-state index contributed by atoms with van der Waals surface area (Å²) in [6, 6.07) is 15.4. The number of phenols is 1. The van der Waals surface area contributed by atoms with Crippen molar-refractivity contribution >= 4 is 46.4 Å². The normalized spacial score (nSPS) is 33.2. The zero-order valence-electron chi connectivity index (χ0n) is 43.2. The second-order valence-electron chi connectivity index (χ2n) is 21.8. The van der Waals surface area contributed by atoms with E-state index in [1.54, 1.807) is 31.4 Å². The number of aliphatic hydroxyl groups is 2. The van der Waals surface area contributed by atoms with Crippen LogP contribution < -0.4 is 14.4 Å². The Labute approximate surface area is 426 Å². The van der Waals surface area contributed by atoms with Crippen molar-refractivity contribution in [1.29, 1.82) is 0 Å². The molecular formula is C57H69N4O12+. The predicted octanol–water partition coefficient (Wildman–Crippen LogP) is 5.50. The number of piperidine rings is 1. The standard InChI is InChI=1S/C57H68N4O12/c1-9-53(67)29-36-30-56(51(65)71-7,47-39(38-14-11-12-15-42(38)58-47)20-25-61(31-36,33-53)32-37(63)18-16-35-17-19-44(64)46(26-35)70-6)41-27-40-43(28-45(41)69-5)59(4)49-55(40)22-24-60-23-13-21-54(10-2,48(55)60)50(73-34(3)62)57(49,68)52(66)72-8/h11-19,21,26-28,36,48-50,58,67-68H,9-10,20,22-25,29-33H2,1-8H3/p+1/t36-,48+,49-,50-,53+,54-,55-,56+,57+,61-/m1/s1. The molecule has 4 N–H and O–H groups in total. The topological polar surface area (TPSA) is 197 Å². The number of phenolic OH excluding ortho intramolecular Hbond substituents is 1. The molecule has 6 heterocycles. The molecule has 10 atom stereocenters. The average molecular weight is 1000 g/mol. The number of methoxy groups -OCH3 is 4. The SMILES string of the molecule is CC[C@]1(O)C[C@@H]2C[C@](C(=O)OC)(c3cc4c(cc3OC)N(C)[C@H]3[C@@](O)(C(=O)OC)[C@H](OC(C)=O)[C@]5(CC)C=CCN6CC[C@]43[C@@H]65)c3[nH]c4ccccc4c3CC[N@+](CC(=O)/C=C/c3ccc(O)c(OC)c3)(C2)C1. The van der Waals surface area contributed by atoms with Crippen LogP contribution in [0.15, 0.2) is 72.8 Å².